The molecule has 1 N–H and O–H groups in total. The molecule has 0 spiro atoms. The van der Waals surface area contributed by atoms with E-state index in [0.717, 1.165) is 5.06 Å². The van der Waals surface area contributed by atoms with Crippen LogP contribution in [0.15, 0.2) is 24.3 Å². The third-order valence-corrected chi connectivity index (χ3v) is 3.89. The average Bonchev–Trinajstić information content (AvgIpc) is 3.15. The summed E-state index contributed by atoms with van der Waals surface area (Å²) in [5, 5.41) is 11.2. The molecule has 25 heavy (non-hydrogen) atoms. The molecule has 0 aromatic heterocycles. The summed E-state index contributed by atoms with van der Waals surface area (Å²) in [6, 6.07) is 5.36. The Kier molecular flexibility index (Phi) is 4.66. The van der Waals surface area contributed by atoms with Crippen molar-refractivity contribution in [3.05, 3.63) is 35.4 Å². The van der Waals surface area contributed by atoms with E-state index in [1.54, 1.807) is 0 Å². The predicted molar refractivity (Wildman–Crippen MR) is 80.3 cm³/mol. The normalized spacial score (nSPS) is 20.1. The number of carbonyl (C=O) groups is 4. The number of hydrogen-bond acceptors (Lipinski definition) is 7. The van der Waals surface area contributed by atoms with Gasteiger partial charge in [0.1, 0.15) is 0 Å². The number of aliphatic hydroxyl groups excluding tert-OH is 1. The van der Waals surface area contributed by atoms with Gasteiger partial charge in [-0.15, -0.1) is 5.06 Å². The van der Waals surface area contributed by atoms with Gasteiger partial charge in [-0.3, -0.25) is 9.59 Å². The molecular weight excluding hydrogens is 332 g/mol. The number of benzene rings is 1. The SMILES string of the molecule is O=C(ON1CCCC1=O)c1ccc(C(=O)ON2C(=O)CCC2O)cc1. The van der Waals surface area contributed by atoms with Crippen LogP contribution in [0.2, 0.25) is 0 Å². The quantitative estimate of drug-likeness (QED) is 0.837. The summed E-state index contributed by atoms with van der Waals surface area (Å²) in [6.45, 7) is 0.362. The topological polar surface area (TPSA) is 113 Å². The van der Waals surface area contributed by atoms with Crippen LogP contribution < -0.4 is 0 Å². The molecule has 2 saturated heterocycles. The first-order valence-electron chi connectivity index (χ1n) is 7.81. The minimum absolute atomic E-state index is 0.0979. The summed E-state index contributed by atoms with van der Waals surface area (Å²) < 4.78 is 0. The van der Waals surface area contributed by atoms with Crippen LogP contribution in [0, 0.1) is 0 Å². The third kappa shape index (κ3) is 3.61. The van der Waals surface area contributed by atoms with Gasteiger partial charge in [0.15, 0.2) is 6.23 Å². The Morgan fingerprint density at radius 1 is 0.960 bits per heavy atom. The predicted octanol–water partition coefficient (Wildman–Crippen LogP) is 0.393. The van der Waals surface area contributed by atoms with E-state index in [4.69, 9.17) is 9.68 Å². The van der Waals surface area contributed by atoms with Crippen LogP contribution in [0.25, 0.3) is 0 Å². The number of carbonyl (C=O) groups excluding carboxylic acids is 4. The standard InChI is InChI=1S/C16H16N2O7/c19-12-2-1-9-17(12)24-15(22)10-3-5-11(6-4-10)16(23)25-18-13(20)7-8-14(18)21/h3-6,13,20H,1-2,7-9H2. The molecule has 0 bridgehead atoms. The lowest BCUT2D eigenvalue weighted by atomic mass is 10.1. The lowest BCUT2D eigenvalue weighted by Gasteiger charge is -2.18. The molecule has 1 aromatic carbocycles. The van der Waals surface area contributed by atoms with Crippen molar-refractivity contribution >= 4 is 23.8 Å². The number of hydroxylamine groups is 4. The largest absolute Gasteiger partial charge is 0.370 e. The number of nitrogens with zero attached hydrogens (tertiary/aromatic N) is 2. The minimum atomic E-state index is -1.15. The molecule has 2 fully saturated rings. The molecule has 2 heterocycles. The Hall–Kier alpha value is -2.94. The van der Waals surface area contributed by atoms with Crippen LogP contribution in [0.4, 0.5) is 0 Å². The van der Waals surface area contributed by atoms with Crippen LogP contribution in [-0.2, 0) is 19.3 Å². The molecule has 9 nitrogen and oxygen atoms in total. The van der Waals surface area contributed by atoms with Crippen molar-refractivity contribution in [1.82, 2.24) is 10.1 Å². The Bertz CT molecular complexity index is 716. The fraction of sp³-hybridized carbons (Fsp3) is 0.375. The highest BCUT2D eigenvalue weighted by Gasteiger charge is 2.33. The van der Waals surface area contributed by atoms with Gasteiger partial charge in [0.25, 0.3) is 11.8 Å². The molecule has 9 heteroatoms. The molecular formula is C16H16N2O7. The van der Waals surface area contributed by atoms with Crippen LogP contribution in [0.3, 0.4) is 0 Å². The lowest BCUT2D eigenvalue weighted by molar-refractivity contribution is -0.191. The molecule has 1 atom stereocenters. The van der Waals surface area contributed by atoms with Gasteiger partial charge >= 0.3 is 11.9 Å². The van der Waals surface area contributed by atoms with E-state index in [9.17, 15) is 24.3 Å². The fourth-order valence-corrected chi connectivity index (χ4v) is 2.52. The van der Waals surface area contributed by atoms with Crippen molar-refractivity contribution in [1.29, 1.82) is 0 Å². The maximum absolute atomic E-state index is 12.0. The first-order chi connectivity index (χ1) is 12.0. The van der Waals surface area contributed by atoms with Gasteiger partial charge in [-0.05, 0) is 30.7 Å². The minimum Gasteiger partial charge on any atom is -0.370 e. The molecule has 2 aliphatic heterocycles. The number of aliphatic hydroxyl groups is 1. The van der Waals surface area contributed by atoms with Crippen molar-refractivity contribution in [2.75, 3.05) is 6.54 Å². The molecule has 1 unspecified atom stereocenters. The van der Waals surface area contributed by atoms with E-state index < -0.39 is 24.1 Å². The van der Waals surface area contributed by atoms with Gasteiger partial charge in [-0.25, -0.2) is 9.59 Å². The molecule has 2 amide bonds. The number of rotatable bonds is 4. The summed E-state index contributed by atoms with van der Waals surface area (Å²) >= 11 is 0. The van der Waals surface area contributed by atoms with Crippen LogP contribution in [0.5, 0.6) is 0 Å². The van der Waals surface area contributed by atoms with Gasteiger partial charge in [0, 0.05) is 19.3 Å². The maximum Gasteiger partial charge on any atom is 0.363 e. The van der Waals surface area contributed by atoms with Crippen LogP contribution in [-0.4, -0.2) is 51.8 Å². The summed E-state index contributed by atoms with van der Waals surface area (Å²) in [4.78, 5) is 56.7. The van der Waals surface area contributed by atoms with Gasteiger partial charge in [0.2, 0.25) is 0 Å². The Balaban J connectivity index is 1.61. The zero-order chi connectivity index (χ0) is 18.0. The Labute approximate surface area is 142 Å². The smallest absolute Gasteiger partial charge is 0.363 e. The molecule has 0 aliphatic carbocycles. The van der Waals surface area contributed by atoms with Crippen molar-refractivity contribution in [3.63, 3.8) is 0 Å². The van der Waals surface area contributed by atoms with E-state index in [0.29, 0.717) is 24.4 Å². The zero-order valence-corrected chi connectivity index (χ0v) is 13.2. The van der Waals surface area contributed by atoms with E-state index in [1.807, 2.05) is 0 Å². The van der Waals surface area contributed by atoms with Crippen molar-refractivity contribution in [2.24, 2.45) is 0 Å². The van der Waals surface area contributed by atoms with E-state index in [2.05, 4.69) is 0 Å². The second-order valence-corrected chi connectivity index (χ2v) is 5.67. The van der Waals surface area contributed by atoms with Crippen molar-refractivity contribution in [3.8, 4) is 0 Å². The van der Waals surface area contributed by atoms with E-state index >= 15 is 0 Å². The van der Waals surface area contributed by atoms with Gasteiger partial charge in [-0.2, -0.15) is 5.06 Å². The number of amides is 2. The second-order valence-electron chi connectivity index (χ2n) is 5.67. The summed E-state index contributed by atoms with van der Waals surface area (Å²) in [6.07, 6.45) is 0.140. The van der Waals surface area contributed by atoms with Crippen LogP contribution >= 0.6 is 0 Å². The third-order valence-electron chi connectivity index (χ3n) is 3.89. The highest BCUT2D eigenvalue weighted by molar-refractivity contribution is 5.94. The van der Waals surface area contributed by atoms with Crippen LogP contribution in [0.1, 0.15) is 46.4 Å². The highest BCUT2D eigenvalue weighted by Crippen LogP contribution is 2.18. The highest BCUT2D eigenvalue weighted by atomic mass is 16.7. The Morgan fingerprint density at radius 2 is 1.56 bits per heavy atom. The molecule has 0 saturated carbocycles. The maximum atomic E-state index is 12.0. The van der Waals surface area contributed by atoms with E-state index in [-0.39, 0.29) is 29.9 Å². The second kappa shape index (κ2) is 6.89. The first kappa shape index (κ1) is 16.9. The lowest BCUT2D eigenvalue weighted by Crippen LogP contribution is -2.35. The molecule has 1 aromatic rings. The van der Waals surface area contributed by atoms with Crippen molar-refractivity contribution in [2.45, 2.75) is 31.9 Å². The zero-order valence-electron chi connectivity index (χ0n) is 13.2. The number of hydrogen-bond donors (Lipinski definition) is 1. The van der Waals surface area contributed by atoms with Crippen molar-refractivity contribution < 1.29 is 34.0 Å². The fourth-order valence-electron chi connectivity index (χ4n) is 2.52. The molecule has 132 valence electrons. The monoisotopic (exact) mass is 348 g/mol. The first-order valence-corrected chi connectivity index (χ1v) is 7.81. The molecule has 0 radical (unpaired) electrons. The Morgan fingerprint density at radius 3 is 2.04 bits per heavy atom. The van der Waals surface area contributed by atoms with Gasteiger partial charge in [0.05, 0.1) is 17.7 Å². The summed E-state index contributed by atoms with van der Waals surface area (Å²) in [7, 11) is 0. The average molecular weight is 348 g/mol. The molecule has 2 aliphatic rings. The molecule has 3 rings (SSSR count). The van der Waals surface area contributed by atoms with E-state index in [1.165, 1.54) is 24.3 Å². The summed E-state index contributed by atoms with van der Waals surface area (Å²) in [5.74, 6) is -2.26. The van der Waals surface area contributed by atoms with Gasteiger partial charge < -0.3 is 14.8 Å². The summed E-state index contributed by atoms with van der Waals surface area (Å²) in [5.41, 5.74) is 0.259. The van der Waals surface area contributed by atoms with Gasteiger partial charge in [-0.1, -0.05) is 0 Å².